The van der Waals surface area contributed by atoms with E-state index in [4.69, 9.17) is 4.74 Å². The van der Waals surface area contributed by atoms with Crippen LogP contribution in [0.4, 0.5) is 8.78 Å². The van der Waals surface area contributed by atoms with Crippen molar-refractivity contribution in [3.8, 4) is 5.75 Å². The lowest BCUT2D eigenvalue weighted by molar-refractivity contribution is 0.233. The van der Waals surface area contributed by atoms with Gasteiger partial charge in [0.05, 0.1) is 0 Å². The molecule has 0 radical (unpaired) electrons. The van der Waals surface area contributed by atoms with Gasteiger partial charge in [-0.25, -0.2) is 8.78 Å². The minimum Gasteiger partial charge on any atom is -0.489 e. The number of benzene rings is 1. The molecule has 0 bridgehead atoms. The second-order valence-electron chi connectivity index (χ2n) is 3.38. The Morgan fingerprint density at radius 2 is 2.21 bits per heavy atom. The monoisotopic (exact) mass is 199 g/mol. The molecule has 4 heteroatoms. The molecule has 14 heavy (non-hydrogen) atoms. The molecule has 1 aliphatic rings. The molecular weight excluding hydrogens is 188 g/mol. The van der Waals surface area contributed by atoms with E-state index in [0.717, 1.165) is 6.07 Å². The molecule has 1 atom stereocenters. The van der Waals surface area contributed by atoms with Crippen molar-refractivity contribution in [2.24, 2.45) is 0 Å². The van der Waals surface area contributed by atoms with Gasteiger partial charge in [-0.05, 0) is 19.5 Å². The van der Waals surface area contributed by atoms with Crippen LogP contribution in [0.3, 0.4) is 0 Å². The number of likely N-dealkylation sites (N-methyl/N-ethyl adjacent to an activating group) is 1. The molecule has 1 N–H and O–H groups in total. The number of hydrogen-bond acceptors (Lipinski definition) is 2. The maximum atomic E-state index is 13.2. The number of halogens is 2. The lowest BCUT2D eigenvalue weighted by Crippen LogP contribution is -2.37. The Morgan fingerprint density at radius 3 is 2.93 bits per heavy atom. The van der Waals surface area contributed by atoms with Gasteiger partial charge in [0.15, 0.2) is 11.6 Å². The van der Waals surface area contributed by atoms with Crippen molar-refractivity contribution in [2.45, 2.75) is 12.5 Å². The average molecular weight is 199 g/mol. The van der Waals surface area contributed by atoms with Crippen molar-refractivity contribution in [1.82, 2.24) is 5.32 Å². The Labute approximate surface area is 80.9 Å². The topological polar surface area (TPSA) is 21.3 Å². The van der Waals surface area contributed by atoms with E-state index in [0.29, 0.717) is 18.6 Å². The van der Waals surface area contributed by atoms with Gasteiger partial charge in [0, 0.05) is 17.7 Å². The Kier molecular flexibility index (Phi) is 2.37. The van der Waals surface area contributed by atoms with E-state index in [1.807, 2.05) is 0 Å². The van der Waals surface area contributed by atoms with Crippen molar-refractivity contribution >= 4 is 0 Å². The van der Waals surface area contributed by atoms with Crippen molar-refractivity contribution < 1.29 is 13.5 Å². The quantitative estimate of drug-likeness (QED) is 0.739. The molecular formula is C10H11F2NO. The lowest BCUT2D eigenvalue weighted by Gasteiger charge is -2.25. The molecule has 1 aromatic carbocycles. The van der Waals surface area contributed by atoms with Gasteiger partial charge in [0.1, 0.15) is 12.4 Å². The summed E-state index contributed by atoms with van der Waals surface area (Å²) in [5.74, 6) is -0.978. The number of rotatable bonds is 1. The van der Waals surface area contributed by atoms with E-state index < -0.39 is 11.6 Å². The first-order chi connectivity index (χ1) is 6.70. The molecule has 1 heterocycles. The van der Waals surface area contributed by atoms with Crippen molar-refractivity contribution in [1.29, 1.82) is 0 Å². The average Bonchev–Trinajstić information content (AvgIpc) is 2.16. The maximum absolute atomic E-state index is 13.2. The standard InChI is InChI=1S/C10H11F2NO/c1-13-8-3-6-2-7(11)4-9(12)10(6)14-5-8/h2,4,8,13H,3,5H2,1H3/t8-/m1/s1. The molecule has 1 aromatic rings. The molecule has 76 valence electrons. The highest BCUT2D eigenvalue weighted by atomic mass is 19.1. The number of fused-ring (bicyclic) bond motifs is 1. The van der Waals surface area contributed by atoms with Crippen LogP contribution in [0.2, 0.25) is 0 Å². The highest BCUT2D eigenvalue weighted by molar-refractivity contribution is 5.37. The van der Waals surface area contributed by atoms with Gasteiger partial charge < -0.3 is 10.1 Å². The van der Waals surface area contributed by atoms with E-state index in [1.54, 1.807) is 7.05 Å². The summed E-state index contributed by atoms with van der Waals surface area (Å²) in [7, 11) is 1.80. The molecule has 0 aromatic heterocycles. The van der Waals surface area contributed by atoms with Crippen LogP contribution in [0.1, 0.15) is 5.56 Å². The van der Waals surface area contributed by atoms with Crippen LogP contribution < -0.4 is 10.1 Å². The third-order valence-corrected chi connectivity index (χ3v) is 2.39. The summed E-state index contributed by atoms with van der Waals surface area (Å²) < 4.78 is 31.3. The van der Waals surface area contributed by atoms with Gasteiger partial charge in [-0.15, -0.1) is 0 Å². The summed E-state index contributed by atoms with van der Waals surface area (Å²) in [5, 5.41) is 3.01. The molecule has 0 spiro atoms. The van der Waals surface area contributed by atoms with Gasteiger partial charge in [-0.1, -0.05) is 0 Å². The zero-order chi connectivity index (χ0) is 10.1. The third-order valence-electron chi connectivity index (χ3n) is 2.39. The number of ether oxygens (including phenoxy) is 1. The first kappa shape index (κ1) is 9.40. The van der Waals surface area contributed by atoms with Crippen LogP contribution in [0, 0.1) is 11.6 Å². The second kappa shape index (κ2) is 3.53. The van der Waals surface area contributed by atoms with Crippen LogP contribution in [0.15, 0.2) is 12.1 Å². The van der Waals surface area contributed by atoms with Crippen LogP contribution in [0.5, 0.6) is 5.75 Å². The molecule has 0 fully saturated rings. The molecule has 1 aliphatic heterocycles. The van der Waals surface area contributed by atoms with E-state index in [-0.39, 0.29) is 11.8 Å². The van der Waals surface area contributed by atoms with E-state index >= 15 is 0 Å². The molecule has 2 nitrogen and oxygen atoms in total. The number of nitrogens with one attached hydrogen (secondary N) is 1. The van der Waals surface area contributed by atoms with Crippen LogP contribution >= 0.6 is 0 Å². The molecule has 0 saturated carbocycles. The SMILES string of the molecule is CN[C@H]1COc2c(F)cc(F)cc2C1. The summed E-state index contributed by atoms with van der Waals surface area (Å²) in [6.45, 7) is 0.423. The summed E-state index contributed by atoms with van der Waals surface area (Å²) in [6, 6.07) is 2.30. The van der Waals surface area contributed by atoms with Gasteiger partial charge in [-0.3, -0.25) is 0 Å². The molecule has 0 amide bonds. The van der Waals surface area contributed by atoms with Crippen LogP contribution in [0.25, 0.3) is 0 Å². The predicted octanol–water partition coefficient (Wildman–Crippen LogP) is 1.49. The number of hydrogen-bond donors (Lipinski definition) is 1. The summed E-state index contributed by atoms with van der Waals surface area (Å²) in [4.78, 5) is 0. The molecule has 0 aliphatic carbocycles. The Morgan fingerprint density at radius 1 is 1.43 bits per heavy atom. The van der Waals surface area contributed by atoms with E-state index in [1.165, 1.54) is 6.07 Å². The first-order valence-electron chi connectivity index (χ1n) is 4.48. The minimum absolute atomic E-state index is 0.128. The predicted molar refractivity (Wildman–Crippen MR) is 48.4 cm³/mol. The normalized spacial score (nSPS) is 20.1. The first-order valence-corrected chi connectivity index (χ1v) is 4.48. The third kappa shape index (κ3) is 1.57. The molecule has 0 saturated heterocycles. The lowest BCUT2D eigenvalue weighted by atomic mass is 10.0. The van der Waals surface area contributed by atoms with Crippen LogP contribution in [-0.2, 0) is 6.42 Å². The largest absolute Gasteiger partial charge is 0.489 e. The Bertz CT molecular complexity index is 354. The fourth-order valence-electron chi connectivity index (χ4n) is 1.62. The van der Waals surface area contributed by atoms with Crippen molar-refractivity contribution in [3.05, 3.63) is 29.3 Å². The summed E-state index contributed by atoms with van der Waals surface area (Å²) >= 11 is 0. The fraction of sp³-hybridized carbons (Fsp3) is 0.400. The smallest absolute Gasteiger partial charge is 0.168 e. The van der Waals surface area contributed by atoms with Gasteiger partial charge in [0.2, 0.25) is 0 Å². The zero-order valence-electron chi connectivity index (χ0n) is 7.81. The van der Waals surface area contributed by atoms with Gasteiger partial charge >= 0.3 is 0 Å². The van der Waals surface area contributed by atoms with Crippen molar-refractivity contribution in [3.63, 3.8) is 0 Å². The Hall–Kier alpha value is -1.16. The van der Waals surface area contributed by atoms with E-state index in [9.17, 15) is 8.78 Å². The fourth-order valence-corrected chi connectivity index (χ4v) is 1.62. The second-order valence-corrected chi connectivity index (χ2v) is 3.38. The summed E-state index contributed by atoms with van der Waals surface area (Å²) in [5.41, 5.74) is 0.591. The van der Waals surface area contributed by atoms with Crippen molar-refractivity contribution in [2.75, 3.05) is 13.7 Å². The molecule has 0 unspecified atom stereocenters. The highest BCUT2D eigenvalue weighted by Crippen LogP contribution is 2.28. The van der Waals surface area contributed by atoms with E-state index in [2.05, 4.69) is 5.32 Å². The zero-order valence-corrected chi connectivity index (χ0v) is 7.81. The maximum Gasteiger partial charge on any atom is 0.168 e. The van der Waals surface area contributed by atoms with Crippen LogP contribution in [-0.4, -0.2) is 19.7 Å². The van der Waals surface area contributed by atoms with Gasteiger partial charge in [0.25, 0.3) is 0 Å². The minimum atomic E-state index is -0.616. The van der Waals surface area contributed by atoms with Gasteiger partial charge in [-0.2, -0.15) is 0 Å². The highest BCUT2D eigenvalue weighted by Gasteiger charge is 2.22. The summed E-state index contributed by atoms with van der Waals surface area (Å²) in [6.07, 6.45) is 0.598. The Balaban J connectivity index is 2.37. The molecule has 2 rings (SSSR count).